The summed E-state index contributed by atoms with van der Waals surface area (Å²) in [7, 11) is 1.59. The van der Waals surface area contributed by atoms with Crippen molar-refractivity contribution in [2.75, 3.05) is 18.9 Å². The van der Waals surface area contributed by atoms with Crippen molar-refractivity contribution in [3.63, 3.8) is 0 Å². The average molecular weight is 299 g/mol. The van der Waals surface area contributed by atoms with E-state index in [9.17, 15) is 9.59 Å². The largest absolute Gasteiger partial charge is 0.472 e. The van der Waals surface area contributed by atoms with Crippen molar-refractivity contribution in [2.45, 2.75) is 33.3 Å². The zero-order valence-corrected chi connectivity index (χ0v) is 12.9. The molecule has 0 saturated carbocycles. The van der Waals surface area contributed by atoms with Crippen LogP contribution < -0.4 is 10.5 Å². The van der Waals surface area contributed by atoms with Crippen LogP contribution in [0.15, 0.2) is 0 Å². The zero-order chi connectivity index (χ0) is 16.2. The van der Waals surface area contributed by atoms with Gasteiger partial charge in [0.1, 0.15) is 24.6 Å². The van der Waals surface area contributed by atoms with Gasteiger partial charge in [-0.05, 0) is 20.8 Å². The lowest BCUT2D eigenvalue weighted by molar-refractivity contribution is -0.141. The maximum Gasteiger partial charge on any atom is 0.348 e. The molecule has 1 heterocycles. The number of esters is 2. The number of aryl methyl sites for hydroxylation is 1. The lowest BCUT2D eigenvalue weighted by Crippen LogP contribution is -2.24. The third-order valence-corrected chi connectivity index (χ3v) is 2.29. The van der Waals surface area contributed by atoms with Gasteiger partial charge in [-0.1, -0.05) is 0 Å². The lowest BCUT2D eigenvalue weighted by atomic mass is 10.2. The highest BCUT2D eigenvalue weighted by Gasteiger charge is 2.27. The van der Waals surface area contributed by atoms with Gasteiger partial charge in [-0.3, -0.25) is 4.79 Å². The molecule has 2 N–H and O–H groups in total. The van der Waals surface area contributed by atoms with Gasteiger partial charge in [0, 0.05) is 14.0 Å². The van der Waals surface area contributed by atoms with E-state index >= 15 is 0 Å². The minimum atomic E-state index is -0.658. The fourth-order valence-corrected chi connectivity index (χ4v) is 1.46. The van der Waals surface area contributed by atoms with E-state index in [2.05, 4.69) is 5.10 Å². The van der Waals surface area contributed by atoms with E-state index < -0.39 is 17.5 Å². The zero-order valence-electron chi connectivity index (χ0n) is 12.9. The van der Waals surface area contributed by atoms with Gasteiger partial charge in [-0.15, -0.1) is 5.10 Å². The van der Waals surface area contributed by atoms with Crippen molar-refractivity contribution in [2.24, 2.45) is 7.05 Å². The van der Waals surface area contributed by atoms with Crippen molar-refractivity contribution >= 4 is 17.8 Å². The van der Waals surface area contributed by atoms with E-state index in [0.29, 0.717) is 0 Å². The predicted molar refractivity (Wildman–Crippen MR) is 74.9 cm³/mol. The Hall–Kier alpha value is -2.25. The Labute approximate surface area is 123 Å². The molecule has 0 aromatic carbocycles. The van der Waals surface area contributed by atoms with Crippen LogP contribution in [0.5, 0.6) is 5.88 Å². The maximum absolute atomic E-state index is 12.1. The van der Waals surface area contributed by atoms with Crippen LogP contribution in [0.2, 0.25) is 0 Å². The van der Waals surface area contributed by atoms with Gasteiger partial charge in [-0.2, -0.15) is 0 Å². The molecule has 1 aromatic heterocycles. The van der Waals surface area contributed by atoms with Gasteiger partial charge in [0.25, 0.3) is 0 Å². The average Bonchev–Trinajstić information content (AvgIpc) is 2.58. The number of ether oxygens (including phenoxy) is 3. The number of nitrogen functional groups attached to an aromatic ring is 1. The smallest absolute Gasteiger partial charge is 0.348 e. The van der Waals surface area contributed by atoms with Gasteiger partial charge < -0.3 is 19.9 Å². The van der Waals surface area contributed by atoms with Crippen LogP contribution in [-0.4, -0.2) is 40.5 Å². The van der Waals surface area contributed by atoms with Crippen molar-refractivity contribution in [3.8, 4) is 5.88 Å². The molecule has 0 spiro atoms. The second-order valence-electron chi connectivity index (χ2n) is 5.38. The molecule has 0 atom stereocenters. The van der Waals surface area contributed by atoms with Crippen LogP contribution in [0.1, 0.15) is 38.1 Å². The monoisotopic (exact) mass is 299 g/mol. The molecule has 8 heteroatoms. The number of anilines is 1. The Morgan fingerprint density at radius 3 is 2.43 bits per heavy atom. The molecule has 0 saturated heterocycles. The molecule has 0 unspecified atom stereocenters. The standard InChI is InChI=1S/C13H21N3O5/c1-8(17)19-6-7-20-11-9(10(14)16(5)15-11)12(18)21-13(2,3)4/h6-7,14H2,1-5H3. The number of nitrogens with two attached hydrogens (primary N) is 1. The molecular weight excluding hydrogens is 278 g/mol. The van der Waals surface area contributed by atoms with Crippen LogP contribution in [0.4, 0.5) is 5.82 Å². The quantitative estimate of drug-likeness (QED) is 0.636. The third-order valence-electron chi connectivity index (χ3n) is 2.29. The highest BCUT2D eigenvalue weighted by atomic mass is 16.6. The molecule has 0 amide bonds. The molecule has 1 rings (SSSR count). The van der Waals surface area contributed by atoms with Gasteiger partial charge in [-0.25, -0.2) is 9.48 Å². The number of aromatic nitrogens is 2. The Bertz CT molecular complexity index is 531. The summed E-state index contributed by atoms with van der Waals surface area (Å²) >= 11 is 0. The molecule has 0 aliphatic carbocycles. The molecule has 0 radical (unpaired) electrons. The highest BCUT2D eigenvalue weighted by Crippen LogP contribution is 2.25. The summed E-state index contributed by atoms with van der Waals surface area (Å²) in [5, 5.41) is 4.01. The van der Waals surface area contributed by atoms with Gasteiger partial charge in [0.05, 0.1) is 0 Å². The third kappa shape index (κ3) is 4.97. The van der Waals surface area contributed by atoms with Crippen LogP contribution in [0.3, 0.4) is 0 Å². The number of carbonyl (C=O) groups is 2. The Morgan fingerprint density at radius 2 is 1.90 bits per heavy atom. The first kappa shape index (κ1) is 16.8. The Morgan fingerprint density at radius 1 is 1.29 bits per heavy atom. The molecule has 0 bridgehead atoms. The van der Waals surface area contributed by atoms with Crippen LogP contribution in [0.25, 0.3) is 0 Å². The molecular formula is C13H21N3O5. The fraction of sp³-hybridized carbons (Fsp3) is 0.615. The van der Waals surface area contributed by atoms with Gasteiger partial charge >= 0.3 is 11.9 Å². The summed E-state index contributed by atoms with van der Waals surface area (Å²) in [6.07, 6.45) is 0. The topological polar surface area (TPSA) is 106 Å². The lowest BCUT2D eigenvalue weighted by Gasteiger charge is -2.19. The summed E-state index contributed by atoms with van der Waals surface area (Å²) in [4.78, 5) is 22.8. The van der Waals surface area contributed by atoms with Crippen LogP contribution >= 0.6 is 0 Å². The molecule has 0 aliphatic heterocycles. The first-order valence-corrected chi connectivity index (χ1v) is 6.44. The summed E-state index contributed by atoms with van der Waals surface area (Å²) in [5.41, 5.74) is 5.22. The molecule has 0 aliphatic rings. The molecule has 21 heavy (non-hydrogen) atoms. The number of hydrogen-bond donors (Lipinski definition) is 1. The molecule has 1 aromatic rings. The second-order valence-corrected chi connectivity index (χ2v) is 5.38. The predicted octanol–water partition coefficient (Wildman–Crippen LogP) is 0.899. The first-order valence-electron chi connectivity index (χ1n) is 6.44. The molecule has 118 valence electrons. The molecule has 8 nitrogen and oxygen atoms in total. The first-order chi connectivity index (χ1) is 9.61. The highest BCUT2D eigenvalue weighted by molar-refractivity contribution is 5.97. The van der Waals surface area contributed by atoms with E-state index in [4.69, 9.17) is 19.9 Å². The minimum Gasteiger partial charge on any atom is -0.472 e. The number of nitrogens with zero attached hydrogens (tertiary/aromatic N) is 2. The minimum absolute atomic E-state index is 0.0522. The van der Waals surface area contributed by atoms with Crippen LogP contribution in [0, 0.1) is 0 Å². The SMILES string of the molecule is CC(=O)OCCOc1nn(C)c(N)c1C(=O)OC(C)(C)C. The maximum atomic E-state index is 12.1. The van der Waals surface area contributed by atoms with Crippen LogP contribution in [-0.2, 0) is 21.3 Å². The van der Waals surface area contributed by atoms with Crippen molar-refractivity contribution in [3.05, 3.63) is 5.56 Å². The second kappa shape index (κ2) is 6.47. The number of rotatable bonds is 5. The van der Waals surface area contributed by atoms with Gasteiger partial charge in [0.15, 0.2) is 5.56 Å². The number of hydrogen-bond acceptors (Lipinski definition) is 7. The van der Waals surface area contributed by atoms with E-state index in [-0.39, 0.29) is 30.5 Å². The van der Waals surface area contributed by atoms with Crippen molar-refractivity contribution in [1.29, 1.82) is 0 Å². The fourth-order valence-electron chi connectivity index (χ4n) is 1.46. The van der Waals surface area contributed by atoms with Gasteiger partial charge in [0.2, 0.25) is 5.88 Å². The van der Waals surface area contributed by atoms with Crippen molar-refractivity contribution < 1.29 is 23.8 Å². The van der Waals surface area contributed by atoms with E-state index in [1.165, 1.54) is 11.6 Å². The normalized spacial score (nSPS) is 11.1. The van der Waals surface area contributed by atoms with E-state index in [1.807, 2.05) is 0 Å². The van der Waals surface area contributed by atoms with E-state index in [0.717, 1.165) is 0 Å². The Balaban J connectivity index is 2.83. The summed E-state index contributed by atoms with van der Waals surface area (Å²) < 4.78 is 16.7. The van der Waals surface area contributed by atoms with Crippen molar-refractivity contribution in [1.82, 2.24) is 9.78 Å². The number of carbonyl (C=O) groups excluding carboxylic acids is 2. The summed E-state index contributed by atoms with van der Waals surface area (Å²) in [5.74, 6) is -0.828. The van der Waals surface area contributed by atoms with E-state index in [1.54, 1.807) is 27.8 Å². The Kier molecular flexibility index (Phi) is 5.17. The summed E-state index contributed by atoms with van der Waals surface area (Å²) in [6, 6.07) is 0. The summed E-state index contributed by atoms with van der Waals surface area (Å²) in [6.45, 7) is 6.66. The molecule has 0 fully saturated rings.